The average molecular weight is 417 g/mol. The molecule has 2 saturated heterocycles. The number of amides is 2. The number of likely N-dealkylation sites (N-methyl/N-ethyl adjacent to an activating group) is 1. The summed E-state index contributed by atoms with van der Waals surface area (Å²) in [6.45, 7) is 2.00. The number of nitrogens with zero attached hydrogens (tertiary/aromatic N) is 3. The summed E-state index contributed by atoms with van der Waals surface area (Å²) in [5.41, 5.74) is 2.05. The zero-order valence-electron chi connectivity index (χ0n) is 16.6. The fraction of sp³-hybridized carbons (Fsp3) is 0.476. The van der Waals surface area contributed by atoms with Crippen molar-refractivity contribution in [2.24, 2.45) is 13.0 Å². The highest BCUT2D eigenvalue weighted by Crippen LogP contribution is 2.26. The molecule has 2 aliphatic heterocycles. The second-order valence-electron chi connectivity index (χ2n) is 7.55. The molecule has 1 aromatic carbocycles. The van der Waals surface area contributed by atoms with Gasteiger partial charge in [-0.1, -0.05) is 11.8 Å². The number of rotatable bonds is 1. The molecule has 1 atom stereocenters. The summed E-state index contributed by atoms with van der Waals surface area (Å²) in [5.74, 6) is 6.45. The van der Waals surface area contributed by atoms with Gasteiger partial charge in [-0.05, 0) is 50.6 Å². The Kier molecular flexibility index (Phi) is 6.15. The summed E-state index contributed by atoms with van der Waals surface area (Å²) in [6, 6.07) is 5.01. The molecule has 7 nitrogen and oxygen atoms in total. The number of halogens is 1. The topological polar surface area (TPSA) is 76.3 Å². The van der Waals surface area contributed by atoms with Crippen LogP contribution in [0.2, 0.25) is 0 Å². The SMILES string of the molecule is CN1C(=O)CCC(n2c(=O)n(C)c3cc(C#CC4CCNCC4)ccc32)C1=O.Cl. The van der Waals surface area contributed by atoms with Gasteiger partial charge in [0.05, 0.1) is 11.0 Å². The molecule has 2 amide bonds. The number of nitrogens with one attached hydrogen (secondary N) is 1. The minimum Gasteiger partial charge on any atom is -0.317 e. The fourth-order valence-corrected chi connectivity index (χ4v) is 4.03. The highest BCUT2D eigenvalue weighted by molar-refractivity contribution is 5.99. The first-order valence-electron chi connectivity index (χ1n) is 9.71. The molecule has 1 aromatic heterocycles. The number of hydrogen-bond acceptors (Lipinski definition) is 4. The Bertz CT molecular complexity index is 1070. The maximum absolute atomic E-state index is 12.9. The molecule has 0 bridgehead atoms. The van der Waals surface area contributed by atoms with E-state index in [1.54, 1.807) is 11.6 Å². The summed E-state index contributed by atoms with van der Waals surface area (Å²) < 4.78 is 3.07. The van der Waals surface area contributed by atoms with E-state index in [0.717, 1.165) is 41.9 Å². The number of aromatic nitrogens is 2. The van der Waals surface area contributed by atoms with Crippen LogP contribution in [0.25, 0.3) is 11.0 Å². The van der Waals surface area contributed by atoms with Gasteiger partial charge in [0.15, 0.2) is 0 Å². The first-order valence-corrected chi connectivity index (χ1v) is 9.71. The molecular formula is C21H25ClN4O3. The van der Waals surface area contributed by atoms with Crippen LogP contribution in [-0.2, 0) is 16.6 Å². The molecule has 1 N–H and O–H groups in total. The first-order chi connectivity index (χ1) is 13.5. The van der Waals surface area contributed by atoms with Crippen LogP contribution in [0.3, 0.4) is 0 Å². The maximum Gasteiger partial charge on any atom is 0.329 e. The second-order valence-corrected chi connectivity index (χ2v) is 7.55. The van der Waals surface area contributed by atoms with E-state index in [2.05, 4.69) is 17.2 Å². The Hall–Kier alpha value is -2.56. The monoisotopic (exact) mass is 416 g/mol. The van der Waals surface area contributed by atoms with Crippen LogP contribution in [-0.4, -0.2) is 46.0 Å². The number of benzene rings is 1. The molecule has 1 unspecified atom stereocenters. The number of aryl methyl sites for hydroxylation is 1. The van der Waals surface area contributed by atoms with Crippen LogP contribution in [0, 0.1) is 17.8 Å². The van der Waals surface area contributed by atoms with Gasteiger partial charge in [0.25, 0.3) is 5.91 Å². The quantitative estimate of drug-likeness (QED) is 0.563. The van der Waals surface area contributed by atoms with Crippen molar-refractivity contribution in [1.29, 1.82) is 0 Å². The summed E-state index contributed by atoms with van der Waals surface area (Å²) >= 11 is 0. The number of carbonyl (C=O) groups excluding carboxylic acids is 2. The molecule has 2 aliphatic rings. The normalized spacial score (nSPS) is 20.3. The van der Waals surface area contributed by atoms with Gasteiger partial charge in [-0.3, -0.25) is 23.6 Å². The second kappa shape index (κ2) is 8.44. The molecule has 0 saturated carbocycles. The first kappa shape index (κ1) is 21.2. The standard InChI is InChI=1S/C21H24N4O3.ClH/c1-23-18-13-15(4-3-14-9-11-22-12-10-14)5-6-16(18)25(21(23)28)17-7-8-19(26)24(2)20(17)27;/h5-6,13-14,17,22H,7-12H2,1-2H3;1H. The van der Waals surface area contributed by atoms with Gasteiger partial charge in [0.1, 0.15) is 6.04 Å². The van der Waals surface area contributed by atoms with Crippen LogP contribution in [0.5, 0.6) is 0 Å². The smallest absolute Gasteiger partial charge is 0.317 e. The van der Waals surface area contributed by atoms with Crippen molar-refractivity contribution in [1.82, 2.24) is 19.4 Å². The van der Waals surface area contributed by atoms with Gasteiger partial charge < -0.3 is 5.32 Å². The lowest BCUT2D eigenvalue weighted by Crippen LogP contribution is -2.45. The molecule has 2 fully saturated rings. The van der Waals surface area contributed by atoms with Crippen LogP contribution in [0.1, 0.15) is 37.3 Å². The van der Waals surface area contributed by atoms with E-state index in [9.17, 15) is 14.4 Å². The van der Waals surface area contributed by atoms with Gasteiger partial charge in [-0.2, -0.15) is 0 Å². The van der Waals surface area contributed by atoms with Crippen molar-refractivity contribution in [3.05, 3.63) is 34.2 Å². The van der Waals surface area contributed by atoms with Gasteiger partial charge >= 0.3 is 5.69 Å². The van der Waals surface area contributed by atoms with Gasteiger partial charge in [0.2, 0.25) is 5.91 Å². The number of hydrogen-bond donors (Lipinski definition) is 1. The Morgan fingerprint density at radius 2 is 1.76 bits per heavy atom. The third kappa shape index (κ3) is 3.83. The number of imide groups is 1. The summed E-state index contributed by atoms with van der Waals surface area (Å²) in [7, 11) is 3.18. The van der Waals surface area contributed by atoms with Gasteiger partial charge in [-0.15, -0.1) is 12.4 Å². The number of likely N-dealkylation sites (tertiary alicyclic amines) is 1. The summed E-state index contributed by atoms with van der Waals surface area (Å²) in [4.78, 5) is 38.4. The molecule has 0 spiro atoms. The molecule has 0 aliphatic carbocycles. The molecule has 2 aromatic rings. The zero-order chi connectivity index (χ0) is 19.8. The number of piperidine rings is 2. The van der Waals surface area contributed by atoms with Crippen molar-refractivity contribution in [2.45, 2.75) is 31.7 Å². The molecule has 3 heterocycles. The minimum absolute atomic E-state index is 0. The van der Waals surface area contributed by atoms with E-state index in [-0.39, 0.29) is 36.3 Å². The number of carbonyl (C=O) groups is 2. The fourth-order valence-electron chi connectivity index (χ4n) is 4.03. The Balaban J connectivity index is 0.00000240. The third-order valence-electron chi connectivity index (χ3n) is 5.78. The van der Waals surface area contributed by atoms with E-state index in [1.807, 2.05) is 18.2 Å². The van der Waals surface area contributed by atoms with Crippen LogP contribution in [0.4, 0.5) is 0 Å². The van der Waals surface area contributed by atoms with E-state index < -0.39 is 6.04 Å². The van der Waals surface area contributed by atoms with Crippen LogP contribution < -0.4 is 11.0 Å². The maximum atomic E-state index is 12.9. The highest BCUT2D eigenvalue weighted by Gasteiger charge is 2.35. The van der Waals surface area contributed by atoms with Crippen molar-refractivity contribution in [3.8, 4) is 11.8 Å². The molecule has 29 heavy (non-hydrogen) atoms. The lowest BCUT2D eigenvalue weighted by Gasteiger charge is -2.28. The Morgan fingerprint density at radius 3 is 2.48 bits per heavy atom. The predicted molar refractivity (Wildman–Crippen MR) is 113 cm³/mol. The number of imidazole rings is 1. The molecule has 4 rings (SSSR count). The third-order valence-corrected chi connectivity index (χ3v) is 5.78. The molecule has 0 radical (unpaired) electrons. The van der Waals surface area contributed by atoms with Crippen LogP contribution in [0.15, 0.2) is 23.0 Å². The van der Waals surface area contributed by atoms with E-state index in [0.29, 0.717) is 17.9 Å². The summed E-state index contributed by atoms with van der Waals surface area (Å²) in [5, 5.41) is 3.33. The minimum atomic E-state index is -0.648. The van der Waals surface area contributed by atoms with Gasteiger partial charge in [-0.25, -0.2) is 4.79 Å². The predicted octanol–water partition coefficient (Wildman–Crippen LogP) is 1.43. The Morgan fingerprint density at radius 1 is 1.03 bits per heavy atom. The highest BCUT2D eigenvalue weighted by atomic mass is 35.5. The molecule has 8 heteroatoms. The van der Waals surface area contributed by atoms with Crippen molar-refractivity contribution < 1.29 is 9.59 Å². The lowest BCUT2D eigenvalue weighted by atomic mass is 9.98. The Labute approximate surface area is 175 Å². The largest absolute Gasteiger partial charge is 0.329 e. The van der Waals surface area contributed by atoms with Crippen molar-refractivity contribution in [2.75, 3.05) is 20.1 Å². The lowest BCUT2D eigenvalue weighted by molar-refractivity contribution is -0.149. The zero-order valence-corrected chi connectivity index (χ0v) is 17.4. The van der Waals surface area contributed by atoms with E-state index in [4.69, 9.17) is 0 Å². The molecular weight excluding hydrogens is 392 g/mol. The van der Waals surface area contributed by atoms with E-state index >= 15 is 0 Å². The summed E-state index contributed by atoms with van der Waals surface area (Å²) in [6.07, 6.45) is 2.72. The van der Waals surface area contributed by atoms with Crippen molar-refractivity contribution in [3.63, 3.8) is 0 Å². The van der Waals surface area contributed by atoms with Crippen LogP contribution >= 0.6 is 12.4 Å². The van der Waals surface area contributed by atoms with Gasteiger partial charge in [0, 0.05) is 32.0 Å². The molecule has 154 valence electrons. The van der Waals surface area contributed by atoms with Crippen molar-refractivity contribution >= 4 is 35.3 Å². The number of fused-ring (bicyclic) bond motifs is 1. The average Bonchev–Trinajstić information content (AvgIpc) is 2.96. The van der Waals surface area contributed by atoms with E-state index in [1.165, 1.54) is 11.6 Å².